The van der Waals surface area contributed by atoms with Gasteiger partial charge in [-0.3, -0.25) is 0 Å². The van der Waals surface area contributed by atoms with Crippen LogP contribution < -0.4 is 5.32 Å². The zero-order valence-corrected chi connectivity index (χ0v) is 11.7. The SMILES string of the molecule is CC1(NCc2coc3ccccc23)CCS(=O)(=O)C1. The van der Waals surface area contributed by atoms with Crippen LogP contribution >= 0.6 is 0 Å². The summed E-state index contributed by atoms with van der Waals surface area (Å²) in [5, 5.41) is 4.45. The highest BCUT2D eigenvalue weighted by atomic mass is 32.2. The van der Waals surface area contributed by atoms with Crippen molar-refractivity contribution < 1.29 is 12.8 Å². The molecule has 3 rings (SSSR count). The molecule has 1 aliphatic rings. The van der Waals surface area contributed by atoms with E-state index in [4.69, 9.17) is 4.42 Å². The van der Waals surface area contributed by atoms with Crippen LogP contribution in [-0.4, -0.2) is 25.5 Å². The topological polar surface area (TPSA) is 59.3 Å². The molecule has 0 aliphatic carbocycles. The summed E-state index contributed by atoms with van der Waals surface area (Å²) in [6.07, 6.45) is 2.41. The van der Waals surface area contributed by atoms with Crippen LogP contribution in [0.15, 0.2) is 34.9 Å². The summed E-state index contributed by atoms with van der Waals surface area (Å²) in [6, 6.07) is 7.86. The fraction of sp³-hybridized carbons (Fsp3) is 0.429. The van der Waals surface area contributed by atoms with E-state index in [1.54, 1.807) is 6.26 Å². The van der Waals surface area contributed by atoms with Gasteiger partial charge in [-0.15, -0.1) is 0 Å². The maximum atomic E-state index is 11.6. The lowest BCUT2D eigenvalue weighted by molar-refractivity contribution is 0.395. The van der Waals surface area contributed by atoms with E-state index in [1.807, 2.05) is 31.2 Å². The van der Waals surface area contributed by atoms with Crippen molar-refractivity contribution in [2.45, 2.75) is 25.4 Å². The van der Waals surface area contributed by atoms with Crippen molar-refractivity contribution in [3.8, 4) is 0 Å². The number of furan rings is 1. The molecular weight excluding hydrogens is 262 g/mol. The van der Waals surface area contributed by atoms with Gasteiger partial charge in [-0.05, 0) is 19.4 Å². The lowest BCUT2D eigenvalue weighted by Crippen LogP contribution is -2.42. The minimum atomic E-state index is -2.87. The zero-order valence-electron chi connectivity index (χ0n) is 10.8. The van der Waals surface area contributed by atoms with Crippen LogP contribution in [-0.2, 0) is 16.4 Å². The van der Waals surface area contributed by atoms with E-state index >= 15 is 0 Å². The van der Waals surface area contributed by atoms with Gasteiger partial charge in [0.05, 0.1) is 17.8 Å². The first-order valence-electron chi connectivity index (χ1n) is 6.38. The van der Waals surface area contributed by atoms with E-state index in [1.165, 1.54) is 0 Å². The Labute approximate surface area is 112 Å². The van der Waals surface area contributed by atoms with Crippen LogP contribution in [0.1, 0.15) is 18.9 Å². The molecule has 5 heteroatoms. The second-order valence-electron chi connectivity index (χ2n) is 5.51. The summed E-state index contributed by atoms with van der Waals surface area (Å²) >= 11 is 0. The van der Waals surface area contributed by atoms with E-state index < -0.39 is 9.84 Å². The Kier molecular flexibility index (Phi) is 2.91. The molecule has 1 aromatic carbocycles. The number of hydrogen-bond donors (Lipinski definition) is 1. The maximum absolute atomic E-state index is 11.6. The molecule has 1 aromatic heterocycles. The van der Waals surface area contributed by atoms with Gasteiger partial charge >= 0.3 is 0 Å². The summed E-state index contributed by atoms with van der Waals surface area (Å²) < 4.78 is 28.6. The molecule has 0 spiro atoms. The minimum Gasteiger partial charge on any atom is -0.464 e. The van der Waals surface area contributed by atoms with Gasteiger partial charge in [0.25, 0.3) is 0 Å². The molecule has 102 valence electrons. The first-order valence-corrected chi connectivity index (χ1v) is 8.20. The van der Waals surface area contributed by atoms with Crippen molar-refractivity contribution in [2.75, 3.05) is 11.5 Å². The van der Waals surface area contributed by atoms with Crippen LogP contribution in [0.2, 0.25) is 0 Å². The van der Waals surface area contributed by atoms with E-state index in [2.05, 4.69) is 5.32 Å². The highest BCUT2D eigenvalue weighted by Gasteiger charge is 2.37. The van der Waals surface area contributed by atoms with Crippen LogP contribution in [0.5, 0.6) is 0 Å². The quantitative estimate of drug-likeness (QED) is 0.934. The Balaban J connectivity index is 1.76. The van der Waals surface area contributed by atoms with Crippen molar-refractivity contribution in [3.05, 3.63) is 36.1 Å². The van der Waals surface area contributed by atoms with Gasteiger partial charge in [0, 0.05) is 23.0 Å². The fourth-order valence-electron chi connectivity index (χ4n) is 2.63. The molecule has 1 atom stereocenters. The molecule has 0 radical (unpaired) electrons. The minimum absolute atomic E-state index is 0.218. The molecule has 2 aromatic rings. The average Bonchev–Trinajstić information content (AvgIpc) is 2.89. The van der Waals surface area contributed by atoms with Crippen molar-refractivity contribution in [1.29, 1.82) is 0 Å². The molecule has 0 amide bonds. The molecule has 2 heterocycles. The molecule has 19 heavy (non-hydrogen) atoms. The van der Waals surface area contributed by atoms with Gasteiger partial charge in [0.2, 0.25) is 0 Å². The predicted octanol–water partition coefficient (Wildman–Crippen LogP) is 2.10. The summed E-state index contributed by atoms with van der Waals surface area (Å²) in [7, 11) is -2.87. The number of nitrogens with one attached hydrogen (secondary N) is 1. The predicted molar refractivity (Wildman–Crippen MR) is 74.7 cm³/mol. The van der Waals surface area contributed by atoms with E-state index in [9.17, 15) is 8.42 Å². The number of benzene rings is 1. The normalized spacial score (nSPS) is 25.9. The lowest BCUT2D eigenvalue weighted by atomic mass is 10.0. The van der Waals surface area contributed by atoms with Crippen molar-refractivity contribution in [2.24, 2.45) is 0 Å². The molecule has 1 unspecified atom stereocenters. The summed E-state index contributed by atoms with van der Waals surface area (Å²) in [6.45, 7) is 2.60. The molecule has 1 saturated heterocycles. The van der Waals surface area contributed by atoms with Gasteiger partial charge in [0.1, 0.15) is 5.58 Å². The third kappa shape index (κ3) is 2.53. The molecule has 1 aliphatic heterocycles. The number of sulfone groups is 1. The Morgan fingerprint density at radius 3 is 2.89 bits per heavy atom. The molecule has 1 fully saturated rings. The third-order valence-corrected chi connectivity index (χ3v) is 5.67. The number of fused-ring (bicyclic) bond motifs is 1. The average molecular weight is 279 g/mol. The maximum Gasteiger partial charge on any atom is 0.152 e. The van der Waals surface area contributed by atoms with Gasteiger partial charge in [-0.1, -0.05) is 18.2 Å². The summed E-state index contributed by atoms with van der Waals surface area (Å²) in [5.74, 6) is 0.498. The second-order valence-corrected chi connectivity index (χ2v) is 7.70. The van der Waals surface area contributed by atoms with Crippen molar-refractivity contribution >= 4 is 20.8 Å². The smallest absolute Gasteiger partial charge is 0.152 e. The molecule has 4 nitrogen and oxygen atoms in total. The first-order chi connectivity index (χ1) is 8.98. The molecular formula is C14H17NO3S. The van der Waals surface area contributed by atoms with Crippen LogP contribution in [0, 0.1) is 0 Å². The standard InChI is InChI=1S/C14H17NO3S/c1-14(6-7-19(16,17)10-14)15-8-11-9-18-13-5-3-2-4-12(11)13/h2-5,9,15H,6-8,10H2,1H3. The van der Waals surface area contributed by atoms with Crippen molar-refractivity contribution in [1.82, 2.24) is 5.32 Å². The van der Waals surface area contributed by atoms with E-state index in [0.717, 1.165) is 16.5 Å². The lowest BCUT2D eigenvalue weighted by Gasteiger charge is -2.23. The number of para-hydroxylation sites is 1. The van der Waals surface area contributed by atoms with Gasteiger partial charge < -0.3 is 9.73 Å². The number of rotatable bonds is 3. The molecule has 0 saturated carbocycles. The van der Waals surface area contributed by atoms with E-state index in [-0.39, 0.29) is 17.0 Å². The van der Waals surface area contributed by atoms with Gasteiger partial charge in [-0.25, -0.2) is 8.42 Å². The summed E-state index contributed by atoms with van der Waals surface area (Å²) in [5.41, 5.74) is 1.61. The fourth-order valence-corrected chi connectivity index (χ4v) is 4.75. The Morgan fingerprint density at radius 1 is 1.37 bits per heavy atom. The number of hydrogen-bond acceptors (Lipinski definition) is 4. The third-order valence-electron chi connectivity index (χ3n) is 3.77. The van der Waals surface area contributed by atoms with E-state index in [0.29, 0.717) is 13.0 Å². The van der Waals surface area contributed by atoms with Crippen molar-refractivity contribution in [3.63, 3.8) is 0 Å². The Hall–Kier alpha value is -1.33. The Morgan fingerprint density at radius 2 is 2.16 bits per heavy atom. The molecule has 1 N–H and O–H groups in total. The summed E-state index contributed by atoms with van der Waals surface area (Å²) in [4.78, 5) is 0. The van der Waals surface area contributed by atoms with Crippen LogP contribution in [0.4, 0.5) is 0 Å². The second kappa shape index (κ2) is 4.35. The van der Waals surface area contributed by atoms with Gasteiger partial charge in [-0.2, -0.15) is 0 Å². The molecule has 0 bridgehead atoms. The van der Waals surface area contributed by atoms with Crippen LogP contribution in [0.25, 0.3) is 11.0 Å². The van der Waals surface area contributed by atoms with Crippen LogP contribution in [0.3, 0.4) is 0 Å². The Bertz CT molecular complexity index is 704. The highest BCUT2D eigenvalue weighted by molar-refractivity contribution is 7.91. The monoisotopic (exact) mass is 279 g/mol. The largest absolute Gasteiger partial charge is 0.464 e. The first kappa shape index (κ1) is 12.7. The van der Waals surface area contributed by atoms with Gasteiger partial charge in [0.15, 0.2) is 9.84 Å². The highest BCUT2D eigenvalue weighted by Crippen LogP contribution is 2.25. The zero-order chi connectivity index (χ0) is 13.5.